The quantitative estimate of drug-likeness (QED) is 0.797. The van der Waals surface area contributed by atoms with Gasteiger partial charge in [0, 0.05) is 17.1 Å². The Morgan fingerprint density at radius 1 is 1.10 bits per heavy atom. The van der Waals surface area contributed by atoms with Crippen LogP contribution in [0.25, 0.3) is 22.0 Å². The first kappa shape index (κ1) is 12.5. The van der Waals surface area contributed by atoms with Crippen molar-refractivity contribution in [3.63, 3.8) is 0 Å². The minimum absolute atomic E-state index is 0.259. The molecule has 0 saturated carbocycles. The molecule has 0 atom stereocenters. The van der Waals surface area contributed by atoms with Crippen molar-refractivity contribution in [2.45, 2.75) is 0 Å². The molecule has 0 bridgehead atoms. The number of nitrogens with zero attached hydrogens (tertiary/aromatic N) is 2. The van der Waals surface area contributed by atoms with E-state index in [1.54, 1.807) is 24.4 Å². The molecule has 0 fully saturated rings. The standard InChI is InChI=1S/C15H10N2O2S/c18-15(19)11-5-3-4-10(8-11)13-9-20-14(17-13)12-6-1-2-7-16-12/h1-9H,(H,18,19). The Labute approximate surface area is 119 Å². The van der Waals surface area contributed by atoms with Crippen LogP contribution in [0.15, 0.2) is 54.0 Å². The minimum Gasteiger partial charge on any atom is -0.478 e. The van der Waals surface area contributed by atoms with Crippen LogP contribution >= 0.6 is 11.3 Å². The van der Waals surface area contributed by atoms with Crippen LogP contribution in [0.4, 0.5) is 0 Å². The molecule has 0 aliphatic rings. The van der Waals surface area contributed by atoms with Gasteiger partial charge in [-0.3, -0.25) is 4.98 Å². The summed E-state index contributed by atoms with van der Waals surface area (Å²) >= 11 is 1.49. The van der Waals surface area contributed by atoms with E-state index in [-0.39, 0.29) is 5.56 Å². The Bertz CT molecular complexity index is 753. The lowest BCUT2D eigenvalue weighted by atomic mass is 10.1. The first-order valence-electron chi connectivity index (χ1n) is 5.95. The summed E-state index contributed by atoms with van der Waals surface area (Å²) in [6.07, 6.45) is 1.72. The highest BCUT2D eigenvalue weighted by molar-refractivity contribution is 7.13. The van der Waals surface area contributed by atoms with E-state index in [0.717, 1.165) is 22.0 Å². The van der Waals surface area contributed by atoms with Crippen LogP contribution in [0, 0.1) is 0 Å². The summed E-state index contributed by atoms with van der Waals surface area (Å²) in [5.41, 5.74) is 2.63. The van der Waals surface area contributed by atoms with Gasteiger partial charge in [0.2, 0.25) is 0 Å². The summed E-state index contributed by atoms with van der Waals surface area (Å²) in [5, 5.41) is 11.7. The van der Waals surface area contributed by atoms with E-state index in [9.17, 15) is 4.79 Å². The van der Waals surface area contributed by atoms with Crippen molar-refractivity contribution in [1.29, 1.82) is 0 Å². The van der Waals surface area contributed by atoms with Gasteiger partial charge in [-0.25, -0.2) is 9.78 Å². The molecule has 98 valence electrons. The molecule has 1 aromatic carbocycles. The van der Waals surface area contributed by atoms with Gasteiger partial charge < -0.3 is 5.11 Å². The number of benzene rings is 1. The fourth-order valence-corrected chi connectivity index (χ4v) is 2.63. The van der Waals surface area contributed by atoms with Crippen LogP contribution in [0.5, 0.6) is 0 Å². The van der Waals surface area contributed by atoms with Crippen molar-refractivity contribution >= 4 is 17.3 Å². The number of aromatic carboxylic acids is 1. The maximum Gasteiger partial charge on any atom is 0.335 e. The molecule has 2 aromatic heterocycles. The Hall–Kier alpha value is -2.53. The number of aromatic nitrogens is 2. The van der Waals surface area contributed by atoms with Gasteiger partial charge in [0.1, 0.15) is 5.01 Å². The maximum atomic E-state index is 11.0. The second-order valence-electron chi connectivity index (χ2n) is 4.14. The average molecular weight is 282 g/mol. The number of pyridine rings is 1. The molecular weight excluding hydrogens is 272 g/mol. The van der Waals surface area contributed by atoms with E-state index in [2.05, 4.69) is 9.97 Å². The molecule has 3 rings (SSSR count). The van der Waals surface area contributed by atoms with Crippen molar-refractivity contribution in [3.05, 3.63) is 59.6 Å². The highest BCUT2D eigenvalue weighted by Gasteiger charge is 2.09. The van der Waals surface area contributed by atoms with Gasteiger partial charge in [0.15, 0.2) is 0 Å². The second-order valence-corrected chi connectivity index (χ2v) is 5.00. The Kier molecular flexibility index (Phi) is 3.26. The van der Waals surface area contributed by atoms with Gasteiger partial charge in [-0.2, -0.15) is 0 Å². The fraction of sp³-hybridized carbons (Fsp3) is 0. The molecule has 0 radical (unpaired) electrons. The first-order valence-corrected chi connectivity index (χ1v) is 6.82. The summed E-state index contributed by atoms with van der Waals surface area (Å²) in [7, 11) is 0. The van der Waals surface area contributed by atoms with Gasteiger partial charge in [0.05, 0.1) is 17.0 Å². The summed E-state index contributed by atoms with van der Waals surface area (Å²) in [4.78, 5) is 19.8. The van der Waals surface area contributed by atoms with Gasteiger partial charge >= 0.3 is 5.97 Å². The number of carboxylic acid groups (broad SMARTS) is 1. The van der Waals surface area contributed by atoms with E-state index in [1.165, 1.54) is 11.3 Å². The van der Waals surface area contributed by atoms with E-state index in [1.807, 2.05) is 29.6 Å². The molecule has 3 aromatic rings. The highest BCUT2D eigenvalue weighted by atomic mass is 32.1. The zero-order valence-corrected chi connectivity index (χ0v) is 11.2. The third-order valence-corrected chi connectivity index (χ3v) is 3.66. The fourth-order valence-electron chi connectivity index (χ4n) is 1.82. The normalized spacial score (nSPS) is 10.4. The van der Waals surface area contributed by atoms with Crippen molar-refractivity contribution < 1.29 is 9.90 Å². The molecule has 4 nitrogen and oxygen atoms in total. The van der Waals surface area contributed by atoms with Gasteiger partial charge in [0.25, 0.3) is 0 Å². The van der Waals surface area contributed by atoms with Gasteiger partial charge in [-0.1, -0.05) is 18.2 Å². The van der Waals surface area contributed by atoms with E-state index >= 15 is 0 Å². The van der Waals surface area contributed by atoms with Crippen LogP contribution in [0.3, 0.4) is 0 Å². The predicted octanol–water partition coefficient (Wildman–Crippen LogP) is 3.57. The number of carbonyl (C=O) groups is 1. The number of hydrogen-bond acceptors (Lipinski definition) is 4. The lowest BCUT2D eigenvalue weighted by Gasteiger charge is -1.99. The monoisotopic (exact) mass is 282 g/mol. The predicted molar refractivity (Wildman–Crippen MR) is 77.7 cm³/mol. The van der Waals surface area contributed by atoms with Crippen molar-refractivity contribution in [2.24, 2.45) is 0 Å². The Morgan fingerprint density at radius 3 is 2.75 bits per heavy atom. The molecule has 0 spiro atoms. The molecule has 0 saturated heterocycles. The number of rotatable bonds is 3. The summed E-state index contributed by atoms with van der Waals surface area (Å²) in [6, 6.07) is 12.4. The van der Waals surface area contributed by atoms with Gasteiger partial charge in [-0.15, -0.1) is 11.3 Å². The number of thiazole rings is 1. The second kappa shape index (κ2) is 5.22. The highest BCUT2D eigenvalue weighted by Crippen LogP contribution is 2.27. The minimum atomic E-state index is -0.938. The zero-order chi connectivity index (χ0) is 13.9. The molecule has 1 N–H and O–H groups in total. The molecule has 0 aliphatic heterocycles. The molecule has 0 unspecified atom stereocenters. The average Bonchev–Trinajstić information content (AvgIpc) is 2.98. The van der Waals surface area contributed by atoms with Gasteiger partial charge in [-0.05, 0) is 24.3 Å². The molecule has 2 heterocycles. The lowest BCUT2D eigenvalue weighted by Crippen LogP contribution is -1.95. The number of hydrogen-bond donors (Lipinski definition) is 1. The van der Waals surface area contributed by atoms with Crippen molar-refractivity contribution in [3.8, 4) is 22.0 Å². The third kappa shape index (κ3) is 2.44. The smallest absolute Gasteiger partial charge is 0.335 e. The summed E-state index contributed by atoms with van der Waals surface area (Å²) in [6.45, 7) is 0. The van der Waals surface area contributed by atoms with Crippen molar-refractivity contribution in [1.82, 2.24) is 9.97 Å². The SMILES string of the molecule is O=C(O)c1cccc(-c2csc(-c3ccccn3)n2)c1. The van der Waals surface area contributed by atoms with Crippen molar-refractivity contribution in [2.75, 3.05) is 0 Å². The van der Waals surface area contributed by atoms with E-state index in [4.69, 9.17) is 5.11 Å². The van der Waals surface area contributed by atoms with E-state index in [0.29, 0.717) is 0 Å². The topological polar surface area (TPSA) is 63.1 Å². The summed E-state index contributed by atoms with van der Waals surface area (Å²) in [5.74, 6) is -0.938. The molecule has 0 aliphatic carbocycles. The molecule has 20 heavy (non-hydrogen) atoms. The van der Waals surface area contributed by atoms with Crippen LogP contribution in [0.2, 0.25) is 0 Å². The van der Waals surface area contributed by atoms with E-state index < -0.39 is 5.97 Å². The van der Waals surface area contributed by atoms with Crippen LogP contribution in [-0.2, 0) is 0 Å². The molecule has 5 heteroatoms. The Balaban J connectivity index is 1.98. The summed E-state index contributed by atoms with van der Waals surface area (Å²) < 4.78 is 0. The largest absolute Gasteiger partial charge is 0.478 e. The first-order chi connectivity index (χ1) is 9.74. The van der Waals surface area contributed by atoms with Crippen LogP contribution < -0.4 is 0 Å². The maximum absolute atomic E-state index is 11.0. The third-order valence-electron chi connectivity index (χ3n) is 2.79. The van der Waals surface area contributed by atoms with Crippen LogP contribution in [-0.4, -0.2) is 21.0 Å². The zero-order valence-electron chi connectivity index (χ0n) is 10.4. The molecular formula is C15H10N2O2S. The Morgan fingerprint density at radius 2 is 2.00 bits per heavy atom. The number of carboxylic acids is 1. The lowest BCUT2D eigenvalue weighted by molar-refractivity contribution is 0.0697. The van der Waals surface area contributed by atoms with Crippen LogP contribution in [0.1, 0.15) is 10.4 Å². The molecule has 0 amide bonds.